The highest BCUT2D eigenvalue weighted by molar-refractivity contribution is 6.01. The van der Waals surface area contributed by atoms with Gasteiger partial charge in [0.05, 0.1) is 0 Å². The normalized spacial score (nSPS) is 15.6. The van der Waals surface area contributed by atoms with Crippen LogP contribution in [0.1, 0.15) is 56.7 Å². The van der Waals surface area contributed by atoms with Crippen LogP contribution in [0.2, 0.25) is 0 Å². The standard InChI is InChI=1S/C26H30N2O3/c29-24(16-7-11-19-9-3-1-4-10-19)27-23-15-8-14-22-21(23)17-18-28(26(22)31)25(30)20-12-5-2-6-13-20/h1,3-4,8-10,14-15,17-18,20,25,30H,2,5-7,11-13,16H2,(H,27,29). The molecular weight excluding hydrogens is 388 g/mol. The van der Waals surface area contributed by atoms with Gasteiger partial charge >= 0.3 is 0 Å². The number of hydrogen-bond acceptors (Lipinski definition) is 3. The van der Waals surface area contributed by atoms with Gasteiger partial charge in [-0.15, -0.1) is 0 Å². The summed E-state index contributed by atoms with van der Waals surface area (Å²) in [5.41, 5.74) is 1.65. The van der Waals surface area contributed by atoms with Crippen LogP contribution in [0.3, 0.4) is 0 Å². The molecule has 1 unspecified atom stereocenters. The van der Waals surface area contributed by atoms with Gasteiger partial charge in [0.15, 0.2) is 0 Å². The van der Waals surface area contributed by atoms with Gasteiger partial charge in [-0.3, -0.25) is 14.2 Å². The van der Waals surface area contributed by atoms with Gasteiger partial charge in [0, 0.05) is 35.0 Å². The van der Waals surface area contributed by atoms with Crippen LogP contribution < -0.4 is 10.9 Å². The monoisotopic (exact) mass is 418 g/mol. The summed E-state index contributed by atoms with van der Waals surface area (Å²) in [5.74, 6) is 0.0613. The molecule has 1 heterocycles. The molecule has 1 fully saturated rings. The van der Waals surface area contributed by atoms with Gasteiger partial charge in [-0.25, -0.2) is 0 Å². The van der Waals surface area contributed by atoms with Crippen LogP contribution in [-0.2, 0) is 11.2 Å². The fourth-order valence-corrected chi connectivity index (χ4v) is 4.58. The van der Waals surface area contributed by atoms with Crippen molar-refractivity contribution < 1.29 is 9.90 Å². The second-order valence-corrected chi connectivity index (χ2v) is 8.49. The lowest BCUT2D eigenvalue weighted by Crippen LogP contribution is -2.30. The first-order valence-electron chi connectivity index (χ1n) is 11.3. The minimum atomic E-state index is -0.798. The van der Waals surface area contributed by atoms with E-state index in [0.29, 0.717) is 22.9 Å². The third kappa shape index (κ3) is 5.05. The summed E-state index contributed by atoms with van der Waals surface area (Å²) in [6, 6.07) is 17.3. The quantitative estimate of drug-likeness (QED) is 0.565. The first-order valence-corrected chi connectivity index (χ1v) is 11.3. The number of nitrogens with one attached hydrogen (secondary N) is 1. The van der Waals surface area contributed by atoms with E-state index in [1.165, 1.54) is 16.6 Å². The lowest BCUT2D eigenvalue weighted by molar-refractivity contribution is -0.116. The molecule has 2 N–H and O–H groups in total. The summed E-state index contributed by atoms with van der Waals surface area (Å²) in [7, 11) is 0. The first-order chi connectivity index (χ1) is 15.1. The van der Waals surface area contributed by atoms with Crippen LogP contribution in [0.5, 0.6) is 0 Å². The maximum absolute atomic E-state index is 13.1. The molecule has 4 rings (SSSR count). The van der Waals surface area contributed by atoms with E-state index in [1.54, 1.807) is 18.3 Å². The Morgan fingerprint density at radius 1 is 1.00 bits per heavy atom. The molecule has 0 saturated heterocycles. The van der Waals surface area contributed by atoms with Crippen molar-refractivity contribution in [3.05, 3.63) is 76.7 Å². The highest BCUT2D eigenvalue weighted by Crippen LogP contribution is 2.31. The molecule has 0 radical (unpaired) electrons. The second-order valence-electron chi connectivity index (χ2n) is 8.49. The third-order valence-electron chi connectivity index (χ3n) is 6.32. The van der Waals surface area contributed by atoms with Crippen molar-refractivity contribution >= 4 is 22.4 Å². The Labute approximate surface area is 182 Å². The van der Waals surface area contributed by atoms with Gasteiger partial charge in [-0.05, 0) is 49.4 Å². The fourth-order valence-electron chi connectivity index (χ4n) is 4.58. The minimum Gasteiger partial charge on any atom is -0.373 e. The largest absolute Gasteiger partial charge is 0.373 e. The zero-order valence-corrected chi connectivity index (χ0v) is 17.8. The van der Waals surface area contributed by atoms with Crippen LogP contribution in [0, 0.1) is 5.92 Å². The van der Waals surface area contributed by atoms with Gasteiger partial charge in [-0.1, -0.05) is 55.7 Å². The molecule has 162 valence electrons. The van der Waals surface area contributed by atoms with Crippen molar-refractivity contribution in [1.29, 1.82) is 0 Å². The van der Waals surface area contributed by atoms with Gasteiger partial charge < -0.3 is 10.4 Å². The molecule has 1 aliphatic carbocycles. The number of carbonyl (C=O) groups is 1. The highest BCUT2D eigenvalue weighted by atomic mass is 16.3. The number of aliphatic hydroxyl groups is 1. The summed E-state index contributed by atoms with van der Waals surface area (Å²) in [4.78, 5) is 25.5. The Morgan fingerprint density at radius 3 is 2.55 bits per heavy atom. The average molecular weight is 419 g/mol. The molecule has 3 aromatic rings. The van der Waals surface area contributed by atoms with Crippen LogP contribution in [0.15, 0.2) is 65.6 Å². The number of anilines is 1. The highest BCUT2D eigenvalue weighted by Gasteiger charge is 2.24. The van der Waals surface area contributed by atoms with Crippen molar-refractivity contribution in [1.82, 2.24) is 4.57 Å². The molecule has 5 heteroatoms. The maximum atomic E-state index is 13.1. The summed E-state index contributed by atoms with van der Waals surface area (Å²) in [5, 5.41) is 15.0. The smallest absolute Gasteiger partial charge is 0.260 e. The number of fused-ring (bicyclic) bond motifs is 1. The van der Waals surface area contributed by atoms with E-state index >= 15 is 0 Å². The number of benzene rings is 2. The Bertz CT molecular complexity index is 1080. The Morgan fingerprint density at radius 2 is 1.77 bits per heavy atom. The van der Waals surface area contributed by atoms with Crippen molar-refractivity contribution in [2.75, 3.05) is 5.32 Å². The molecule has 0 bridgehead atoms. The molecule has 1 amide bonds. The number of aliphatic hydroxyl groups excluding tert-OH is 1. The predicted molar refractivity (Wildman–Crippen MR) is 124 cm³/mol. The molecule has 0 aliphatic heterocycles. The number of nitrogens with zero attached hydrogens (tertiary/aromatic N) is 1. The van der Waals surface area contributed by atoms with Crippen molar-refractivity contribution in [3.63, 3.8) is 0 Å². The molecule has 1 aliphatic rings. The number of hydrogen-bond donors (Lipinski definition) is 2. The van der Waals surface area contributed by atoms with Gasteiger partial charge in [0.1, 0.15) is 6.23 Å². The number of carbonyl (C=O) groups excluding carboxylic acids is 1. The first kappa shape index (κ1) is 21.3. The van der Waals surface area contributed by atoms with Gasteiger partial charge in [0.2, 0.25) is 5.91 Å². The Kier molecular flexibility index (Phi) is 6.82. The molecule has 31 heavy (non-hydrogen) atoms. The van der Waals surface area contributed by atoms with Crippen LogP contribution >= 0.6 is 0 Å². The van der Waals surface area contributed by atoms with Crippen molar-refractivity contribution in [2.24, 2.45) is 5.92 Å². The molecule has 2 aromatic carbocycles. The number of aromatic nitrogens is 1. The van der Waals surface area contributed by atoms with E-state index in [9.17, 15) is 14.7 Å². The number of aryl methyl sites for hydroxylation is 1. The van der Waals surface area contributed by atoms with Gasteiger partial charge in [0.25, 0.3) is 5.56 Å². The lowest BCUT2D eigenvalue weighted by Gasteiger charge is -2.28. The second kappa shape index (κ2) is 9.92. The van der Waals surface area contributed by atoms with Crippen molar-refractivity contribution in [3.8, 4) is 0 Å². The number of rotatable bonds is 7. The molecule has 1 saturated carbocycles. The van der Waals surface area contributed by atoms with Crippen molar-refractivity contribution in [2.45, 2.75) is 57.6 Å². The van der Waals surface area contributed by atoms with E-state index < -0.39 is 6.23 Å². The zero-order valence-electron chi connectivity index (χ0n) is 17.8. The molecule has 0 spiro atoms. The summed E-state index contributed by atoms with van der Waals surface area (Å²) in [6.07, 6.45) is 8.20. The molecule has 1 atom stereocenters. The number of pyridine rings is 1. The third-order valence-corrected chi connectivity index (χ3v) is 6.32. The van der Waals surface area contributed by atoms with E-state index in [4.69, 9.17) is 0 Å². The molecule has 5 nitrogen and oxygen atoms in total. The predicted octanol–water partition coefficient (Wildman–Crippen LogP) is 5.03. The van der Waals surface area contributed by atoms with Crippen LogP contribution in [0.4, 0.5) is 5.69 Å². The van der Waals surface area contributed by atoms with Gasteiger partial charge in [-0.2, -0.15) is 0 Å². The SMILES string of the molecule is O=C(CCCc1ccccc1)Nc1cccc2c(=O)n(C(O)C3CCCCC3)ccc12. The van der Waals surface area contributed by atoms with E-state index in [1.807, 2.05) is 30.3 Å². The summed E-state index contributed by atoms with van der Waals surface area (Å²) >= 11 is 0. The fraction of sp³-hybridized carbons (Fsp3) is 0.385. The Hall–Kier alpha value is -2.92. The average Bonchev–Trinajstić information content (AvgIpc) is 2.81. The Balaban J connectivity index is 1.46. The zero-order chi connectivity index (χ0) is 21.6. The van der Waals surface area contributed by atoms with Crippen LogP contribution in [0.25, 0.3) is 10.8 Å². The maximum Gasteiger partial charge on any atom is 0.260 e. The minimum absolute atomic E-state index is 0.0603. The summed E-state index contributed by atoms with van der Waals surface area (Å²) < 4.78 is 1.45. The topological polar surface area (TPSA) is 71.3 Å². The summed E-state index contributed by atoms with van der Waals surface area (Å²) in [6.45, 7) is 0. The van der Waals surface area contributed by atoms with E-state index in [-0.39, 0.29) is 17.4 Å². The van der Waals surface area contributed by atoms with E-state index in [2.05, 4.69) is 17.4 Å². The molecular formula is C26H30N2O3. The number of amides is 1. The molecule has 1 aromatic heterocycles. The van der Waals surface area contributed by atoms with Crippen LogP contribution in [-0.4, -0.2) is 15.6 Å². The van der Waals surface area contributed by atoms with E-state index in [0.717, 1.165) is 38.5 Å². The lowest BCUT2D eigenvalue weighted by atomic mass is 9.88.